The van der Waals surface area contributed by atoms with Gasteiger partial charge in [0.2, 0.25) is 0 Å². The summed E-state index contributed by atoms with van der Waals surface area (Å²) in [5.41, 5.74) is 4.91. The van der Waals surface area contributed by atoms with Gasteiger partial charge in [-0.05, 0) is 104 Å². The number of halogens is 1. The average molecular weight is 515 g/mol. The highest BCUT2D eigenvalue weighted by Gasteiger charge is 2.44. The SMILES string of the molecule is CCOc1ccc(/C=C2/CCCC3C2=NN(C(=O)c2ccc(Cl)cc2)C3c2ccc(OCC)cc2)cc1. The van der Waals surface area contributed by atoms with E-state index in [4.69, 9.17) is 26.2 Å². The number of fused-ring (bicyclic) bond motifs is 1. The molecule has 1 aliphatic heterocycles. The smallest absolute Gasteiger partial charge is 0.274 e. The zero-order valence-electron chi connectivity index (χ0n) is 21.2. The van der Waals surface area contributed by atoms with Gasteiger partial charge in [-0.2, -0.15) is 5.10 Å². The second kappa shape index (κ2) is 11.2. The molecule has 1 amide bonds. The normalized spacial score (nSPS) is 19.9. The first-order chi connectivity index (χ1) is 18.1. The largest absolute Gasteiger partial charge is 0.494 e. The van der Waals surface area contributed by atoms with E-state index in [-0.39, 0.29) is 17.9 Å². The third-order valence-electron chi connectivity index (χ3n) is 6.87. The number of carbonyl (C=O) groups is 1. The van der Waals surface area contributed by atoms with Crippen molar-refractivity contribution < 1.29 is 14.3 Å². The molecular formula is C31H31ClN2O3. The number of ether oxygens (including phenoxy) is 2. The van der Waals surface area contributed by atoms with E-state index in [9.17, 15) is 4.79 Å². The molecular weight excluding hydrogens is 484 g/mol. The summed E-state index contributed by atoms with van der Waals surface area (Å²) in [5, 5.41) is 7.27. The minimum atomic E-state index is -0.183. The van der Waals surface area contributed by atoms with E-state index in [0.29, 0.717) is 23.8 Å². The number of hydrazone groups is 1. The van der Waals surface area contributed by atoms with Crippen LogP contribution in [0.4, 0.5) is 0 Å². The van der Waals surface area contributed by atoms with Gasteiger partial charge >= 0.3 is 0 Å². The van der Waals surface area contributed by atoms with Gasteiger partial charge < -0.3 is 9.47 Å². The van der Waals surface area contributed by atoms with Gasteiger partial charge in [-0.15, -0.1) is 0 Å². The van der Waals surface area contributed by atoms with Crippen LogP contribution in [0.1, 0.15) is 60.6 Å². The van der Waals surface area contributed by atoms with Crippen molar-refractivity contribution in [2.24, 2.45) is 11.0 Å². The van der Waals surface area contributed by atoms with Crippen molar-refractivity contribution in [3.63, 3.8) is 0 Å². The summed E-state index contributed by atoms with van der Waals surface area (Å²) in [4.78, 5) is 13.7. The Morgan fingerprint density at radius 2 is 1.57 bits per heavy atom. The zero-order chi connectivity index (χ0) is 25.8. The van der Waals surface area contributed by atoms with Crippen LogP contribution in [0.25, 0.3) is 6.08 Å². The predicted octanol–water partition coefficient (Wildman–Crippen LogP) is 7.57. The second-order valence-electron chi connectivity index (χ2n) is 9.26. The van der Waals surface area contributed by atoms with E-state index < -0.39 is 0 Å². The van der Waals surface area contributed by atoms with Crippen LogP contribution in [0.2, 0.25) is 5.02 Å². The Balaban J connectivity index is 1.52. The van der Waals surface area contributed by atoms with Crippen LogP contribution in [0.15, 0.2) is 83.5 Å². The lowest BCUT2D eigenvalue weighted by Crippen LogP contribution is -2.31. The van der Waals surface area contributed by atoms with Crippen LogP contribution in [-0.4, -0.2) is 29.8 Å². The molecule has 1 heterocycles. The predicted molar refractivity (Wildman–Crippen MR) is 148 cm³/mol. The first-order valence-electron chi connectivity index (χ1n) is 12.9. The Hall–Kier alpha value is -3.57. The summed E-state index contributed by atoms with van der Waals surface area (Å²) < 4.78 is 11.2. The van der Waals surface area contributed by atoms with Crippen LogP contribution < -0.4 is 9.47 Å². The summed E-state index contributed by atoms with van der Waals surface area (Å²) in [6, 6.07) is 23.0. The Labute approximate surface area is 223 Å². The number of hydrogen-bond donors (Lipinski definition) is 0. The summed E-state index contributed by atoms with van der Waals surface area (Å²) in [5.74, 6) is 1.68. The molecule has 2 atom stereocenters. The highest BCUT2D eigenvalue weighted by atomic mass is 35.5. The van der Waals surface area contributed by atoms with Gasteiger partial charge in [-0.1, -0.05) is 35.9 Å². The lowest BCUT2D eigenvalue weighted by Gasteiger charge is -2.29. The Morgan fingerprint density at radius 3 is 2.19 bits per heavy atom. The molecule has 1 saturated carbocycles. The van der Waals surface area contributed by atoms with E-state index in [1.807, 2.05) is 38.1 Å². The fourth-order valence-electron chi connectivity index (χ4n) is 5.18. The van der Waals surface area contributed by atoms with Gasteiger partial charge in [0.05, 0.1) is 25.0 Å². The van der Waals surface area contributed by atoms with E-state index in [0.717, 1.165) is 47.6 Å². The third-order valence-corrected chi connectivity index (χ3v) is 7.12. The molecule has 0 spiro atoms. The van der Waals surface area contributed by atoms with Crippen LogP contribution in [0, 0.1) is 5.92 Å². The summed E-state index contributed by atoms with van der Waals surface area (Å²) in [6.07, 6.45) is 5.15. The van der Waals surface area contributed by atoms with Crippen molar-refractivity contribution in [1.29, 1.82) is 0 Å². The summed E-state index contributed by atoms with van der Waals surface area (Å²) >= 11 is 6.08. The first-order valence-corrected chi connectivity index (χ1v) is 13.3. The molecule has 0 radical (unpaired) electrons. The van der Waals surface area contributed by atoms with Gasteiger partial charge in [0.15, 0.2) is 0 Å². The lowest BCUT2D eigenvalue weighted by molar-refractivity contribution is 0.0681. The minimum Gasteiger partial charge on any atom is -0.494 e. The number of hydrogen-bond acceptors (Lipinski definition) is 4. The molecule has 1 aliphatic carbocycles. The van der Waals surface area contributed by atoms with Crippen LogP contribution in [0.3, 0.4) is 0 Å². The highest BCUT2D eigenvalue weighted by molar-refractivity contribution is 6.30. The molecule has 190 valence electrons. The van der Waals surface area contributed by atoms with E-state index in [1.165, 1.54) is 5.57 Å². The maximum absolute atomic E-state index is 13.7. The van der Waals surface area contributed by atoms with Gasteiger partial charge in [-0.3, -0.25) is 4.79 Å². The molecule has 2 aliphatic rings. The molecule has 0 saturated heterocycles. The molecule has 1 fully saturated rings. The van der Waals surface area contributed by atoms with Crippen LogP contribution >= 0.6 is 11.6 Å². The molecule has 3 aromatic carbocycles. The molecule has 0 aromatic heterocycles. The average Bonchev–Trinajstić information content (AvgIpc) is 3.31. The van der Waals surface area contributed by atoms with Crippen LogP contribution in [-0.2, 0) is 0 Å². The molecule has 2 unspecified atom stereocenters. The molecule has 6 heteroatoms. The van der Waals surface area contributed by atoms with Gasteiger partial charge in [-0.25, -0.2) is 5.01 Å². The van der Waals surface area contributed by atoms with E-state index in [2.05, 4.69) is 30.3 Å². The fraction of sp³-hybridized carbons (Fsp3) is 0.290. The van der Waals surface area contributed by atoms with Crippen LogP contribution in [0.5, 0.6) is 11.5 Å². The molecule has 37 heavy (non-hydrogen) atoms. The fourth-order valence-corrected chi connectivity index (χ4v) is 5.31. The van der Waals surface area contributed by atoms with Crippen molar-refractivity contribution in [3.05, 3.63) is 100 Å². The second-order valence-corrected chi connectivity index (χ2v) is 9.70. The maximum Gasteiger partial charge on any atom is 0.274 e. The maximum atomic E-state index is 13.7. The molecule has 0 N–H and O–H groups in total. The highest BCUT2D eigenvalue weighted by Crippen LogP contribution is 2.45. The monoisotopic (exact) mass is 514 g/mol. The minimum absolute atomic E-state index is 0.122. The quantitative estimate of drug-likeness (QED) is 0.326. The number of rotatable bonds is 7. The van der Waals surface area contributed by atoms with Crippen molar-refractivity contribution >= 4 is 29.3 Å². The van der Waals surface area contributed by atoms with Crippen molar-refractivity contribution in [1.82, 2.24) is 5.01 Å². The van der Waals surface area contributed by atoms with Gasteiger partial charge in [0.25, 0.3) is 5.91 Å². The Bertz CT molecular complexity index is 1300. The first kappa shape index (κ1) is 25.1. The van der Waals surface area contributed by atoms with Gasteiger partial charge in [0, 0.05) is 16.5 Å². The van der Waals surface area contributed by atoms with Crippen molar-refractivity contribution in [2.45, 2.75) is 39.2 Å². The topological polar surface area (TPSA) is 51.1 Å². The number of benzene rings is 3. The number of carbonyl (C=O) groups excluding carboxylic acids is 1. The van der Waals surface area contributed by atoms with Crippen molar-refractivity contribution in [2.75, 3.05) is 13.2 Å². The standard InChI is InChI=1S/C31H31ClN2O3/c1-3-36-26-16-8-21(9-17-26)20-24-6-5-7-28-29(24)33-34(31(35)23-10-14-25(32)15-11-23)30(28)22-12-18-27(19-13-22)37-4-2/h8-20,28,30H,3-7H2,1-2H3/b24-20-. The summed E-state index contributed by atoms with van der Waals surface area (Å²) in [7, 11) is 0. The number of amides is 1. The Morgan fingerprint density at radius 1 is 0.946 bits per heavy atom. The third kappa shape index (κ3) is 5.42. The number of allylic oxidation sites excluding steroid dienone is 1. The molecule has 0 bridgehead atoms. The molecule has 5 nitrogen and oxygen atoms in total. The summed E-state index contributed by atoms with van der Waals surface area (Å²) in [6.45, 7) is 5.20. The number of nitrogens with zero attached hydrogens (tertiary/aromatic N) is 2. The Kier molecular flexibility index (Phi) is 7.61. The molecule has 3 aromatic rings. The molecule has 5 rings (SSSR count). The zero-order valence-corrected chi connectivity index (χ0v) is 21.9. The van der Waals surface area contributed by atoms with E-state index >= 15 is 0 Å². The van der Waals surface area contributed by atoms with Gasteiger partial charge in [0.1, 0.15) is 11.5 Å². The van der Waals surface area contributed by atoms with Crippen molar-refractivity contribution in [3.8, 4) is 11.5 Å². The lowest BCUT2D eigenvalue weighted by atomic mass is 9.77. The van der Waals surface area contributed by atoms with E-state index in [1.54, 1.807) is 29.3 Å².